The Morgan fingerprint density at radius 1 is 1.21 bits per heavy atom. The molecule has 0 aliphatic rings. The van der Waals surface area contributed by atoms with E-state index in [0.29, 0.717) is 22.3 Å². The molecule has 19 heavy (non-hydrogen) atoms. The molecule has 2 rings (SSSR count). The lowest BCUT2D eigenvalue weighted by Gasteiger charge is -2.10. The number of rotatable bonds is 4. The minimum absolute atomic E-state index is 0.0408. The number of benzene rings is 1. The topological polar surface area (TPSA) is 65.5 Å². The van der Waals surface area contributed by atoms with Crippen LogP contribution in [0.15, 0.2) is 41.4 Å². The second-order valence-electron chi connectivity index (χ2n) is 3.76. The Balaban J connectivity index is 2.86. The highest BCUT2D eigenvalue weighted by molar-refractivity contribution is 7.94. The Bertz CT molecular complexity index is 738. The van der Waals surface area contributed by atoms with Crippen LogP contribution in [0.5, 0.6) is 11.5 Å². The molecule has 0 aliphatic heterocycles. The molecular weight excluding hydrogens is 266 g/mol. The summed E-state index contributed by atoms with van der Waals surface area (Å²) < 4.78 is 34.2. The fourth-order valence-corrected chi connectivity index (χ4v) is 2.63. The Morgan fingerprint density at radius 3 is 2.42 bits per heavy atom. The molecule has 1 aromatic carbocycles. The third-order valence-corrected chi connectivity index (χ3v) is 4.02. The molecule has 0 spiro atoms. The summed E-state index contributed by atoms with van der Waals surface area (Å²) in [5.74, 6) is 0.978. The predicted octanol–water partition coefficient (Wildman–Crippen LogP) is 2.17. The van der Waals surface area contributed by atoms with Crippen molar-refractivity contribution in [2.45, 2.75) is 5.03 Å². The van der Waals surface area contributed by atoms with E-state index in [1.807, 2.05) is 0 Å². The summed E-state index contributed by atoms with van der Waals surface area (Å²) in [5, 5.41) is 2.01. The predicted molar refractivity (Wildman–Crippen MR) is 72.2 cm³/mol. The summed E-state index contributed by atoms with van der Waals surface area (Å²) in [7, 11) is -0.605. The molecule has 0 fully saturated rings. The second kappa shape index (κ2) is 4.89. The molecule has 100 valence electrons. The van der Waals surface area contributed by atoms with Crippen molar-refractivity contribution >= 4 is 20.6 Å². The Morgan fingerprint density at radius 2 is 1.84 bits per heavy atom. The lowest BCUT2D eigenvalue weighted by atomic mass is 10.1. The van der Waals surface area contributed by atoms with E-state index >= 15 is 0 Å². The van der Waals surface area contributed by atoms with Crippen LogP contribution in [0.1, 0.15) is 0 Å². The Kier molecular flexibility index (Phi) is 3.44. The van der Waals surface area contributed by atoms with Crippen molar-refractivity contribution in [3.63, 3.8) is 0 Å². The number of sulfone groups is 1. The molecule has 0 amide bonds. The largest absolute Gasteiger partial charge is 0.493 e. The van der Waals surface area contributed by atoms with E-state index in [-0.39, 0.29) is 5.03 Å². The maximum Gasteiger partial charge on any atom is 0.217 e. The van der Waals surface area contributed by atoms with E-state index < -0.39 is 9.84 Å². The van der Waals surface area contributed by atoms with E-state index in [2.05, 4.69) is 11.6 Å². The molecule has 0 unspecified atom stereocenters. The van der Waals surface area contributed by atoms with E-state index in [9.17, 15) is 8.42 Å². The molecule has 5 nitrogen and oxygen atoms in total. The highest BCUT2D eigenvalue weighted by Gasteiger charge is 2.17. The van der Waals surface area contributed by atoms with Gasteiger partial charge in [-0.15, -0.1) is 0 Å². The molecule has 0 aliphatic carbocycles. The van der Waals surface area contributed by atoms with E-state index in [1.54, 1.807) is 18.2 Å². The zero-order chi connectivity index (χ0) is 14.0. The van der Waals surface area contributed by atoms with Gasteiger partial charge in [-0.05, 0) is 23.6 Å². The normalized spacial score (nSPS) is 11.3. The summed E-state index contributed by atoms with van der Waals surface area (Å²) in [6, 6.07) is 5.01. The summed E-state index contributed by atoms with van der Waals surface area (Å²) in [6.45, 7) is 3.31. The van der Waals surface area contributed by atoms with E-state index in [0.717, 1.165) is 5.41 Å². The van der Waals surface area contributed by atoms with Gasteiger partial charge >= 0.3 is 0 Å². The first-order valence-electron chi connectivity index (χ1n) is 5.41. The lowest BCUT2D eigenvalue weighted by Crippen LogP contribution is -2.01. The van der Waals surface area contributed by atoms with Gasteiger partial charge in [0.2, 0.25) is 9.84 Å². The van der Waals surface area contributed by atoms with Crippen molar-refractivity contribution in [2.75, 3.05) is 14.2 Å². The molecule has 1 aromatic heterocycles. The minimum Gasteiger partial charge on any atom is -0.493 e. The molecular formula is C13H13NO4S. The van der Waals surface area contributed by atoms with Crippen molar-refractivity contribution in [1.29, 1.82) is 0 Å². The Labute approximate surface area is 111 Å². The Hall–Kier alpha value is -2.08. The summed E-state index contributed by atoms with van der Waals surface area (Å²) in [6.07, 6.45) is 1.44. The maximum absolute atomic E-state index is 11.9. The number of hydrogen-bond acceptors (Lipinski definition) is 5. The third-order valence-electron chi connectivity index (χ3n) is 2.72. The van der Waals surface area contributed by atoms with Gasteiger partial charge in [0, 0.05) is 17.0 Å². The molecule has 0 bridgehead atoms. The van der Waals surface area contributed by atoms with Crippen LogP contribution in [0.3, 0.4) is 0 Å². The number of methoxy groups -OCH3 is 2. The molecule has 0 saturated carbocycles. The maximum atomic E-state index is 11.9. The number of fused-ring (bicyclic) bond motifs is 1. The summed E-state index contributed by atoms with van der Waals surface area (Å²) in [5.41, 5.74) is 0. The first-order chi connectivity index (χ1) is 9.03. The molecule has 0 radical (unpaired) electrons. The zero-order valence-electron chi connectivity index (χ0n) is 10.6. The first-order valence-corrected chi connectivity index (χ1v) is 6.96. The standard InChI is InChI=1S/C13H13NO4S/c1-4-19(15,16)13-10-8-12(18-3)11(17-2)7-9(10)5-6-14-13/h4-8H,1H2,2-3H3. The van der Waals surface area contributed by atoms with Crippen LogP contribution >= 0.6 is 0 Å². The van der Waals surface area contributed by atoms with Crippen molar-refractivity contribution in [2.24, 2.45) is 0 Å². The zero-order valence-corrected chi connectivity index (χ0v) is 11.4. The van der Waals surface area contributed by atoms with Crippen LogP contribution in [0, 0.1) is 0 Å². The lowest BCUT2D eigenvalue weighted by molar-refractivity contribution is 0.356. The van der Waals surface area contributed by atoms with Gasteiger partial charge in [0.15, 0.2) is 16.5 Å². The number of ether oxygens (including phenoxy) is 2. The van der Waals surface area contributed by atoms with Gasteiger partial charge in [0.05, 0.1) is 14.2 Å². The van der Waals surface area contributed by atoms with Crippen LogP contribution in [0.2, 0.25) is 0 Å². The fourth-order valence-electron chi connectivity index (χ4n) is 1.78. The number of aromatic nitrogens is 1. The van der Waals surface area contributed by atoms with Gasteiger partial charge in [0.1, 0.15) is 0 Å². The molecule has 1 heterocycles. The number of pyridine rings is 1. The molecule has 0 saturated heterocycles. The SMILES string of the molecule is C=CS(=O)(=O)c1nccc2cc(OC)c(OC)cc12. The summed E-state index contributed by atoms with van der Waals surface area (Å²) >= 11 is 0. The average molecular weight is 279 g/mol. The van der Waals surface area contributed by atoms with Gasteiger partial charge in [-0.3, -0.25) is 0 Å². The third kappa shape index (κ3) is 2.26. The average Bonchev–Trinajstić information content (AvgIpc) is 2.44. The molecule has 2 aromatic rings. The van der Waals surface area contributed by atoms with Crippen molar-refractivity contribution in [1.82, 2.24) is 4.98 Å². The van der Waals surface area contributed by atoms with Crippen LogP contribution in [0.25, 0.3) is 10.8 Å². The summed E-state index contributed by atoms with van der Waals surface area (Å²) in [4.78, 5) is 3.92. The second-order valence-corrected chi connectivity index (χ2v) is 5.57. The highest BCUT2D eigenvalue weighted by Crippen LogP contribution is 2.34. The number of hydrogen-bond donors (Lipinski definition) is 0. The van der Waals surface area contributed by atoms with Crippen LogP contribution < -0.4 is 9.47 Å². The highest BCUT2D eigenvalue weighted by atomic mass is 32.2. The first kappa shape index (κ1) is 13.4. The quantitative estimate of drug-likeness (QED) is 0.858. The van der Waals surface area contributed by atoms with Gasteiger partial charge < -0.3 is 9.47 Å². The molecule has 6 heteroatoms. The smallest absolute Gasteiger partial charge is 0.217 e. The van der Waals surface area contributed by atoms with E-state index in [4.69, 9.17) is 9.47 Å². The monoisotopic (exact) mass is 279 g/mol. The fraction of sp³-hybridized carbons (Fsp3) is 0.154. The minimum atomic E-state index is -3.61. The van der Waals surface area contributed by atoms with Crippen molar-refractivity contribution in [3.05, 3.63) is 36.4 Å². The molecule has 0 atom stereocenters. The van der Waals surface area contributed by atoms with Gasteiger partial charge in [-0.25, -0.2) is 13.4 Å². The van der Waals surface area contributed by atoms with Gasteiger partial charge in [-0.2, -0.15) is 0 Å². The van der Waals surface area contributed by atoms with Crippen LogP contribution in [0.4, 0.5) is 0 Å². The number of nitrogens with zero attached hydrogens (tertiary/aromatic N) is 1. The van der Waals surface area contributed by atoms with Crippen LogP contribution in [-0.2, 0) is 9.84 Å². The van der Waals surface area contributed by atoms with Gasteiger partial charge in [-0.1, -0.05) is 6.58 Å². The van der Waals surface area contributed by atoms with Gasteiger partial charge in [0.25, 0.3) is 0 Å². The van der Waals surface area contributed by atoms with Crippen molar-refractivity contribution in [3.8, 4) is 11.5 Å². The van der Waals surface area contributed by atoms with E-state index in [1.165, 1.54) is 20.4 Å². The molecule has 0 N–H and O–H groups in total. The van der Waals surface area contributed by atoms with Crippen molar-refractivity contribution < 1.29 is 17.9 Å². The van der Waals surface area contributed by atoms with Crippen LogP contribution in [-0.4, -0.2) is 27.6 Å².